The number of carbonyl (C=O) groups excluding carboxylic acids is 1. The van der Waals surface area contributed by atoms with Crippen LogP contribution < -0.4 is 5.32 Å². The van der Waals surface area contributed by atoms with E-state index in [1.807, 2.05) is 18.2 Å². The Bertz CT molecular complexity index is 881. The first kappa shape index (κ1) is 21.3. The van der Waals surface area contributed by atoms with Crippen molar-refractivity contribution in [2.24, 2.45) is 0 Å². The van der Waals surface area contributed by atoms with E-state index >= 15 is 0 Å². The van der Waals surface area contributed by atoms with Crippen molar-refractivity contribution < 1.29 is 14.6 Å². The molecule has 1 saturated heterocycles. The number of benzene rings is 2. The van der Waals surface area contributed by atoms with Crippen LogP contribution in [-0.2, 0) is 6.54 Å². The largest absolute Gasteiger partial charge is 0.351 e. The number of piperazine rings is 1. The molecule has 30 heavy (non-hydrogen) atoms. The number of amides is 1. The van der Waals surface area contributed by atoms with Crippen LogP contribution in [0.2, 0.25) is 0 Å². The smallest absolute Gasteiger partial charge is 0.277 e. The van der Waals surface area contributed by atoms with Crippen LogP contribution in [0.1, 0.15) is 15.9 Å². The third kappa shape index (κ3) is 5.82. The summed E-state index contributed by atoms with van der Waals surface area (Å²) in [5.74, 6) is -0.565. The van der Waals surface area contributed by atoms with Crippen molar-refractivity contribution in [3.8, 4) is 0 Å². The summed E-state index contributed by atoms with van der Waals surface area (Å²) < 4.78 is 0. The minimum Gasteiger partial charge on any atom is -0.351 e. The molecular weight excluding hydrogens is 390 g/mol. The Morgan fingerprint density at radius 2 is 1.47 bits per heavy atom. The van der Waals surface area contributed by atoms with Gasteiger partial charge >= 0.3 is 0 Å². The van der Waals surface area contributed by atoms with Crippen LogP contribution in [0.25, 0.3) is 0 Å². The second-order valence-electron chi connectivity index (χ2n) is 7.11. The zero-order valence-electron chi connectivity index (χ0n) is 16.4. The first-order valence-corrected chi connectivity index (χ1v) is 9.63. The fraction of sp³-hybridized carbons (Fsp3) is 0.350. The highest BCUT2D eigenvalue weighted by Crippen LogP contribution is 2.22. The van der Waals surface area contributed by atoms with Gasteiger partial charge in [-0.25, -0.2) is 0 Å². The van der Waals surface area contributed by atoms with E-state index < -0.39 is 27.1 Å². The molecule has 1 N–H and O–H groups in total. The monoisotopic (exact) mass is 413 g/mol. The Kier molecular flexibility index (Phi) is 7.04. The van der Waals surface area contributed by atoms with Crippen molar-refractivity contribution in [3.05, 3.63) is 79.9 Å². The number of hydrogen-bond acceptors (Lipinski definition) is 7. The average molecular weight is 413 g/mol. The molecule has 1 amide bonds. The van der Waals surface area contributed by atoms with E-state index in [0.717, 1.165) is 50.9 Å². The van der Waals surface area contributed by atoms with Gasteiger partial charge in [0.2, 0.25) is 0 Å². The van der Waals surface area contributed by atoms with Gasteiger partial charge in [0, 0.05) is 57.9 Å². The molecule has 1 heterocycles. The second-order valence-corrected chi connectivity index (χ2v) is 7.11. The number of nitrogens with one attached hydrogen (secondary N) is 1. The van der Waals surface area contributed by atoms with Gasteiger partial charge in [0.25, 0.3) is 17.3 Å². The lowest BCUT2D eigenvalue weighted by Crippen LogP contribution is -2.48. The molecule has 0 aromatic heterocycles. The second kappa shape index (κ2) is 9.90. The summed E-state index contributed by atoms with van der Waals surface area (Å²) in [6, 6.07) is 13.2. The first-order chi connectivity index (χ1) is 14.4. The van der Waals surface area contributed by atoms with E-state index in [1.165, 1.54) is 5.56 Å². The predicted octanol–water partition coefficient (Wildman–Crippen LogP) is 2.05. The molecule has 2 aromatic rings. The Morgan fingerprint density at radius 3 is 2.03 bits per heavy atom. The van der Waals surface area contributed by atoms with E-state index in [9.17, 15) is 25.0 Å². The molecule has 158 valence electrons. The summed E-state index contributed by atoms with van der Waals surface area (Å²) in [5, 5.41) is 24.6. The molecule has 1 fully saturated rings. The highest BCUT2D eigenvalue weighted by atomic mass is 16.6. The number of non-ortho nitro benzene ring substituents is 2. The molecule has 0 bridgehead atoms. The zero-order chi connectivity index (χ0) is 21.5. The molecule has 10 nitrogen and oxygen atoms in total. The standard InChI is InChI=1S/C20H23N5O5/c26-20(17-12-18(24(27)28)14-19(13-17)25(29)30)21-6-7-22-8-10-23(11-9-22)15-16-4-2-1-3-5-16/h1-5,12-14H,6-11,15H2,(H,21,26). The minimum absolute atomic E-state index is 0.0939. The molecule has 0 unspecified atom stereocenters. The SMILES string of the molecule is O=C(NCCN1CCN(Cc2ccccc2)CC1)c1cc([N+](=O)[O-])cc([N+](=O)[O-])c1. The molecule has 1 aliphatic rings. The van der Waals surface area contributed by atoms with Gasteiger partial charge in [-0.2, -0.15) is 0 Å². The van der Waals surface area contributed by atoms with Gasteiger partial charge < -0.3 is 5.32 Å². The van der Waals surface area contributed by atoms with Gasteiger partial charge in [-0.1, -0.05) is 30.3 Å². The van der Waals surface area contributed by atoms with Gasteiger partial charge in [-0.05, 0) is 5.56 Å². The van der Waals surface area contributed by atoms with Crippen LogP contribution >= 0.6 is 0 Å². The quantitative estimate of drug-likeness (QED) is 0.519. The lowest BCUT2D eigenvalue weighted by molar-refractivity contribution is -0.394. The van der Waals surface area contributed by atoms with Gasteiger partial charge in [-0.15, -0.1) is 0 Å². The zero-order valence-corrected chi connectivity index (χ0v) is 16.4. The summed E-state index contributed by atoms with van der Waals surface area (Å²) >= 11 is 0. The maximum atomic E-state index is 12.3. The van der Waals surface area contributed by atoms with Crippen molar-refractivity contribution in [2.45, 2.75) is 6.54 Å². The Balaban J connectivity index is 1.46. The summed E-state index contributed by atoms with van der Waals surface area (Å²) in [4.78, 5) is 37.3. The van der Waals surface area contributed by atoms with Crippen LogP contribution in [0, 0.1) is 20.2 Å². The van der Waals surface area contributed by atoms with Crippen molar-refractivity contribution in [1.82, 2.24) is 15.1 Å². The fourth-order valence-corrected chi connectivity index (χ4v) is 3.38. The maximum absolute atomic E-state index is 12.3. The van der Waals surface area contributed by atoms with Crippen LogP contribution in [0.4, 0.5) is 11.4 Å². The summed E-state index contributed by atoms with van der Waals surface area (Å²) in [6.45, 7) is 5.53. The summed E-state index contributed by atoms with van der Waals surface area (Å²) in [7, 11) is 0. The molecule has 1 aliphatic heterocycles. The third-order valence-corrected chi connectivity index (χ3v) is 5.01. The molecule has 0 saturated carbocycles. The Hall–Kier alpha value is -3.37. The Labute approximate surface area is 173 Å². The van der Waals surface area contributed by atoms with Crippen LogP contribution in [0.15, 0.2) is 48.5 Å². The molecule has 0 radical (unpaired) electrons. The van der Waals surface area contributed by atoms with Crippen LogP contribution in [-0.4, -0.2) is 64.8 Å². The van der Waals surface area contributed by atoms with E-state index in [4.69, 9.17) is 0 Å². The van der Waals surface area contributed by atoms with Gasteiger partial charge in [0.1, 0.15) is 0 Å². The van der Waals surface area contributed by atoms with E-state index in [-0.39, 0.29) is 5.56 Å². The van der Waals surface area contributed by atoms with Gasteiger partial charge in [-0.3, -0.25) is 34.8 Å². The van der Waals surface area contributed by atoms with E-state index in [1.54, 1.807) is 0 Å². The van der Waals surface area contributed by atoms with Crippen molar-refractivity contribution in [3.63, 3.8) is 0 Å². The van der Waals surface area contributed by atoms with Crippen molar-refractivity contribution in [2.75, 3.05) is 39.3 Å². The normalized spacial score (nSPS) is 14.9. The van der Waals surface area contributed by atoms with Crippen molar-refractivity contribution >= 4 is 17.3 Å². The van der Waals surface area contributed by atoms with Gasteiger partial charge in [0.15, 0.2) is 0 Å². The van der Waals surface area contributed by atoms with Gasteiger partial charge in [0.05, 0.1) is 21.5 Å². The van der Waals surface area contributed by atoms with E-state index in [0.29, 0.717) is 13.1 Å². The highest BCUT2D eigenvalue weighted by Gasteiger charge is 2.20. The minimum atomic E-state index is -0.751. The summed E-state index contributed by atoms with van der Waals surface area (Å²) in [6.07, 6.45) is 0. The lowest BCUT2D eigenvalue weighted by atomic mass is 10.1. The molecule has 3 rings (SSSR count). The molecule has 2 aromatic carbocycles. The van der Waals surface area contributed by atoms with Crippen molar-refractivity contribution in [1.29, 1.82) is 0 Å². The number of carbonyl (C=O) groups is 1. The third-order valence-electron chi connectivity index (χ3n) is 5.01. The number of nitro groups is 2. The topological polar surface area (TPSA) is 122 Å². The lowest BCUT2D eigenvalue weighted by Gasteiger charge is -2.34. The first-order valence-electron chi connectivity index (χ1n) is 9.63. The van der Waals surface area contributed by atoms with Crippen LogP contribution in [0.5, 0.6) is 0 Å². The molecule has 0 aliphatic carbocycles. The number of nitrogens with zero attached hydrogens (tertiary/aromatic N) is 4. The highest BCUT2D eigenvalue weighted by molar-refractivity contribution is 5.95. The number of hydrogen-bond donors (Lipinski definition) is 1. The molecule has 0 atom stereocenters. The molecule has 10 heteroatoms. The predicted molar refractivity (Wildman–Crippen MR) is 110 cm³/mol. The Morgan fingerprint density at radius 1 is 0.900 bits per heavy atom. The summed E-state index contributed by atoms with van der Waals surface area (Å²) in [5.41, 5.74) is 0.223. The molecule has 0 spiro atoms. The van der Waals surface area contributed by atoms with Crippen LogP contribution in [0.3, 0.4) is 0 Å². The molecular formula is C20H23N5O5. The average Bonchev–Trinajstić information content (AvgIpc) is 2.75. The number of rotatable bonds is 8. The maximum Gasteiger partial charge on any atom is 0.277 e. The van der Waals surface area contributed by atoms with E-state index in [2.05, 4.69) is 27.2 Å². The fourth-order valence-electron chi connectivity index (χ4n) is 3.38. The number of nitro benzene ring substituents is 2.